The molecule has 5 heteroatoms. The average Bonchev–Trinajstić information content (AvgIpc) is 2.47. The van der Waals surface area contributed by atoms with Gasteiger partial charge < -0.3 is 15.0 Å². The van der Waals surface area contributed by atoms with Crippen LogP contribution in [0.2, 0.25) is 0 Å². The highest BCUT2D eigenvalue weighted by Crippen LogP contribution is 2.26. The van der Waals surface area contributed by atoms with Gasteiger partial charge in [0.15, 0.2) is 0 Å². The zero-order valence-corrected chi connectivity index (χ0v) is 14.4. The van der Waals surface area contributed by atoms with Gasteiger partial charge in [0, 0.05) is 38.2 Å². The predicted molar refractivity (Wildman–Crippen MR) is 89.4 cm³/mol. The Bertz CT molecular complexity index is 435. The lowest BCUT2D eigenvalue weighted by molar-refractivity contribution is 0.205. The number of ether oxygens (including phenoxy) is 1. The first kappa shape index (κ1) is 17.7. The summed E-state index contributed by atoms with van der Waals surface area (Å²) in [6.07, 6.45) is 1.08. The topological polar surface area (TPSA) is 50.3 Å². The Balaban J connectivity index is 3.17. The third-order valence-corrected chi connectivity index (χ3v) is 3.44. The highest BCUT2D eigenvalue weighted by atomic mass is 16.5. The standard InChI is InChI=1S/C16H30N4O/c1-7-9-17-15-13(5)16(19-14(18-15)12(3)4)20(8-2)10-11-21-6/h12H,7-11H2,1-6H3,(H,17,18,19). The van der Waals surface area contributed by atoms with Crippen LogP contribution in [0, 0.1) is 6.92 Å². The second kappa shape index (κ2) is 8.82. The maximum atomic E-state index is 5.21. The van der Waals surface area contributed by atoms with E-state index in [1.165, 1.54) is 0 Å². The Morgan fingerprint density at radius 2 is 1.95 bits per heavy atom. The van der Waals surface area contributed by atoms with Crippen molar-refractivity contribution >= 4 is 11.6 Å². The van der Waals surface area contributed by atoms with E-state index >= 15 is 0 Å². The van der Waals surface area contributed by atoms with Crippen LogP contribution in [0.3, 0.4) is 0 Å². The molecule has 0 fully saturated rings. The summed E-state index contributed by atoms with van der Waals surface area (Å²) < 4.78 is 5.21. The Kier molecular flexibility index (Phi) is 7.43. The number of rotatable bonds is 9. The second-order valence-corrected chi connectivity index (χ2v) is 5.53. The van der Waals surface area contributed by atoms with E-state index in [9.17, 15) is 0 Å². The summed E-state index contributed by atoms with van der Waals surface area (Å²) in [5.41, 5.74) is 1.12. The van der Waals surface area contributed by atoms with E-state index in [0.29, 0.717) is 12.5 Å². The van der Waals surface area contributed by atoms with Gasteiger partial charge in [0.05, 0.1) is 6.61 Å². The molecule has 1 aromatic heterocycles. The van der Waals surface area contributed by atoms with Gasteiger partial charge in [0.25, 0.3) is 0 Å². The van der Waals surface area contributed by atoms with E-state index in [4.69, 9.17) is 9.72 Å². The van der Waals surface area contributed by atoms with Crippen LogP contribution in [0.5, 0.6) is 0 Å². The minimum Gasteiger partial charge on any atom is -0.383 e. The minimum atomic E-state index is 0.313. The molecule has 0 saturated carbocycles. The van der Waals surface area contributed by atoms with Gasteiger partial charge in [-0.3, -0.25) is 0 Å². The van der Waals surface area contributed by atoms with E-state index in [1.54, 1.807) is 7.11 Å². The van der Waals surface area contributed by atoms with Gasteiger partial charge in [-0.1, -0.05) is 20.8 Å². The quantitative estimate of drug-likeness (QED) is 0.758. The van der Waals surface area contributed by atoms with Crippen LogP contribution >= 0.6 is 0 Å². The SMILES string of the molecule is CCCNc1nc(C(C)C)nc(N(CC)CCOC)c1C. The molecule has 0 saturated heterocycles. The molecule has 1 N–H and O–H groups in total. The molecule has 0 aromatic carbocycles. The predicted octanol–water partition coefficient (Wildman–Crippen LogP) is 3.20. The number of likely N-dealkylation sites (N-methyl/N-ethyl adjacent to an activating group) is 1. The molecule has 0 spiro atoms. The number of anilines is 2. The molecule has 0 unspecified atom stereocenters. The van der Waals surface area contributed by atoms with Crippen molar-refractivity contribution in [3.63, 3.8) is 0 Å². The van der Waals surface area contributed by atoms with E-state index < -0.39 is 0 Å². The smallest absolute Gasteiger partial charge is 0.137 e. The molecule has 1 aromatic rings. The largest absolute Gasteiger partial charge is 0.383 e. The summed E-state index contributed by atoms with van der Waals surface area (Å²) in [6.45, 7) is 14.0. The molecule has 0 radical (unpaired) electrons. The van der Waals surface area contributed by atoms with Crippen LogP contribution < -0.4 is 10.2 Å². The molecule has 0 atom stereocenters. The first-order valence-corrected chi connectivity index (χ1v) is 7.91. The normalized spacial score (nSPS) is 11.0. The van der Waals surface area contributed by atoms with E-state index in [-0.39, 0.29) is 0 Å². The minimum absolute atomic E-state index is 0.313. The van der Waals surface area contributed by atoms with Gasteiger partial charge in [-0.25, -0.2) is 9.97 Å². The first-order chi connectivity index (χ1) is 10.0. The second-order valence-electron chi connectivity index (χ2n) is 5.53. The Morgan fingerprint density at radius 3 is 2.48 bits per heavy atom. The molecule has 0 aliphatic rings. The van der Waals surface area contributed by atoms with Gasteiger partial charge in [-0.2, -0.15) is 0 Å². The molecule has 1 rings (SSSR count). The Hall–Kier alpha value is -1.36. The first-order valence-electron chi connectivity index (χ1n) is 7.91. The van der Waals surface area contributed by atoms with Crippen LogP contribution in [0.25, 0.3) is 0 Å². The van der Waals surface area contributed by atoms with Crippen molar-refractivity contribution in [3.05, 3.63) is 11.4 Å². The molecule has 1 heterocycles. The van der Waals surface area contributed by atoms with Crippen molar-refractivity contribution in [2.24, 2.45) is 0 Å². The molecular weight excluding hydrogens is 264 g/mol. The molecule has 0 bridgehead atoms. The third kappa shape index (κ3) is 4.84. The van der Waals surface area contributed by atoms with Gasteiger partial charge in [-0.05, 0) is 20.3 Å². The van der Waals surface area contributed by atoms with Crippen LogP contribution in [0.1, 0.15) is 51.4 Å². The van der Waals surface area contributed by atoms with Gasteiger partial charge in [0.2, 0.25) is 0 Å². The van der Waals surface area contributed by atoms with E-state index in [0.717, 1.165) is 49.1 Å². The molecule has 0 aliphatic heterocycles. The van der Waals surface area contributed by atoms with E-state index in [1.807, 2.05) is 0 Å². The van der Waals surface area contributed by atoms with Crippen molar-refractivity contribution in [2.45, 2.75) is 47.0 Å². The molecule has 120 valence electrons. The summed E-state index contributed by atoms with van der Waals surface area (Å²) >= 11 is 0. The fourth-order valence-corrected chi connectivity index (χ4v) is 2.12. The van der Waals surface area contributed by atoms with Gasteiger partial charge in [0.1, 0.15) is 17.5 Å². The molecule has 5 nitrogen and oxygen atoms in total. The fourth-order valence-electron chi connectivity index (χ4n) is 2.12. The summed E-state index contributed by atoms with van der Waals surface area (Å²) in [7, 11) is 1.73. The fraction of sp³-hybridized carbons (Fsp3) is 0.750. The Morgan fingerprint density at radius 1 is 1.24 bits per heavy atom. The van der Waals surface area contributed by atoms with Crippen molar-refractivity contribution in [1.82, 2.24) is 9.97 Å². The maximum Gasteiger partial charge on any atom is 0.137 e. The highest BCUT2D eigenvalue weighted by Gasteiger charge is 2.17. The lowest BCUT2D eigenvalue weighted by atomic mass is 10.2. The third-order valence-electron chi connectivity index (χ3n) is 3.44. The van der Waals surface area contributed by atoms with Gasteiger partial charge >= 0.3 is 0 Å². The monoisotopic (exact) mass is 294 g/mol. The lowest BCUT2D eigenvalue weighted by Gasteiger charge is -2.25. The highest BCUT2D eigenvalue weighted by molar-refractivity contribution is 5.58. The summed E-state index contributed by atoms with van der Waals surface area (Å²) in [4.78, 5) is 11.7. The van der Waals surface area contributed by atoms with Crippen LogP contribution in [0.4, 0.5) is 11.6 Å². The van der Waals surface area contributed by atoms with Crippen LogP contribution in [0.15, 0.2) is 0 Å². The van der Waals surface area contributed by atoms with E-state index in [2.05, 4.69) is 49.8 Å². The summed E-state index contributed by atoms with van der Waals surface area (Å²) in [6, 6.07) is 0. The zero-order chi connectivity index (χ0) is 15.8. The maximum absolute atomic E-state index is 5.21. The average molecular weight is 294 g/mol. The van der Waals surface area contributed by atoms with Crippen LogP contribution in [-0.4, -0.2) is 43.3 Å². The number of hydrogen-bond acceptors (Lipinski definition) is 5. The number of hydrogen-bond donors (Lipinski definition) is 1. The van der Waals surface area contributed by atoms with Crippen molar-refractivity contribution in [2.75, 3.05) is 43.6 Å². The molecule has 21 heavy (non-hydrogen) atoms. The Labute approximate surface area is 129 Å². The lowest BCUT2D eigenvalue weighted by Crippen LogP contribution is -2.29. The molecular formula is C16H30N4O. The number of nitrogens with one attached hydrogen (secondary N) is 1. The van der Waals surface area contributed by atoms with Gasteiger partial charge in [-0.15, -0.1) is 0 Å². The molecule has 0 amide bonds. The summed E-state index contributed by atoms with van der Waals surface area (Å²) in [5.74, 6) is 3.19. The number of nitrogens with zero attached hydrogens (tertiary/aromatic N) is 3. The van der Waals surface area contributed by atoms with Crippen molar-refractivity contribution in [3.8, 4) is 0 Å². The zero-order valence-electron chi connectivity index (χ0n) is 14.4. The molecule has 0 aliphatic carbocycles. The number of methoxy groups -OCH3 is 1. The van der Waals surface area contributed by atoms with Crippen molar-refractivity contribution in [1.29, 1.82) is 0 Å². The number of aromatic nitrogens is 2. The van der Waals surface area contributed by atoms with Crippen LogP contribution in [-0.2, 0) is 4.74 Å². The van der Waals surface area contributed by atoms with Crippen molar-refractivity contribution < 1.29 is 4.74 Å². The summed E-state index contributed by atoms with van der Waals surface area (Å²) in [5, 5.41) is 3.42.